The highest BCUT2D eigenvalue weighted by molar-refractivity contribution is 5.89. The predicted molar refractivity (Wildman–Crippen MR) is 87.5 cm³/mol. The molecule has 120 valence electrons. The van der Waals surface area contributed by atoms with E-state index in [0.717, 1.165) is 30.6 Å². The summed E-state index contributed by atoms with van der Waals surface area (Å²) in [6.45, 7) is 3.29. The van der Waals surface area contributed by atoms with Crippen molar-refractivity contribution in [2.45, 2.75) is 25.9 Å². The van der Waals surface area contributed by atoms with Gasteiger partial charge in [-0.2, -0.15) is 5.10 Å². The van der Waals surface area contributed by atoms with Crippen LogP contribution in [0, 0.1) is 6.92 Å². The van der Waals surface area contributed by atoms with E-state index < -0.39 is 0 Å². The number of nitrogens with one attached hydrogen (secondary N) is 1. The van der Waals surface area contributed by atoms with E-state index in [-0.39, 0.29) is 12.1 Å². The maximum Gasteiger partial charge on any atom is 0.321 e. The van der Waals surface area contributed by atoms with Gasteiger partial charge in [0.25, 0.3) is 0 Å². The summed E-state index contributed by atoms with van der Waals surface area (Å²) in [5, 5.41) is 10.7. The van der Waals surface area contributed by atoms with Gasteiger partial charge in [-0.25, -0.2) is 4.79 Å². The molecule has 1 atom stereocenters. The number of likely N-dealkylation sites (tertiary alicyclic amines) is 1. The molecule has 1 saturated heterocycles. The van der Waals surface area contributed by atoms with Gasteiger partial charge in [-0.3, -0.25) is 0 Å². The molecule has 1 fully saturated rings. The molecular weight excluding hydrogens is 292 g/mol. The summed E-state index contributed by atoms with van der Waals surface area (Å²) in [6.07, 6.45) is 3.37. The van der Waals surface area contributed by atoms with Gasteiger partial charge in [-0.15, -0.1) is 5.10 Å². The third-order valence-corrected chi connectivity index (χ3v) is 3.77. The molecule has 1 N–H and O–H groups in total. The Hall–Kier alpha value is -2.63. The van der Waals surface area contributed by atoms with Crippen LogP contribution in [0.1, 0.15) is 18.4 Å². The van der Waals surface area contributed by atoms with Gasteiger partial charge in [0, 0.05) is 24.5 Å². The molecule has 1 aromatic carbocycles. The van der Waals surface area contributed by atoms with Crippen LogP contribution in [-0.4, -0.2) is 40.3 Å². The summed E-state index contributed by atoms with van der Waals surface area (Å²) in [5.74, 6) is 0.499. The minimum absolute atomic E-state index is 0.0521. The van der Waals surface area contributed by atoms with Crippen LogP contribution in [0.3, 0.4) is 0 Å². The zero-order chi connectivity index (χ0) is 16.1. The van der Waals surface area contributed by atoms with E-state index >= 15 is 0 Å². The van der Waals surface area contributed by atoms with Crippen molar-refractivity contribution in [3.05, 3.63) is 48.2 Å². The van der Waals surface area contributed by atoms with Gasteiger partial charge in [0.15, 0.2) is 0 Å². The summed E-state index contributed by atoms with van der Waals surface area (Å²) in [6, 6.07) is 11.2. The summed E-state index contributed by atoms with van der Waals surface area (Å²) in [7, 11) is 0. The number of carbonyl (C=O) groups is 1. The molecule has 0 saturated carbocycles. The fourth-order valence-electron chi connectivity index (χ4n) is 2.67. The molecule has 1 unspecified atom stereocenters. The van der Waals surface area contributed by atoms with Gasteiger partial charge in [-0.05, 0) is 43.5 Å². The second-order valence-electron chi connectivity index (χ2n) is 5.69. The number of rotatable bonds is 3. The fraction of sp³-hybridized carbons (Fsp3) is 0.353. The summed E-state index contributed by atoms with van der Waals surface area (Å²) in [5.41, 5.74) is 1.93. The Morgan fingerprint density at radius 1 is 1.35 bits per heavy atom. The molecule has 1 aliphatic rings. The minimum Gasteiger partial charge on any atom is -0.471 e. The lowest BCUT2D eigenvalue weighted by atomic mass is 10.1. The van der Waals surface area contributed by atoms with Crippen LogP contribution >= 0.6 is 0 Å². The lowest BCUT2D eigenvalue weighted by molar-refractivity contribution is 0.102. The van der Waals surface area contributed by atoms with Gasteiger partial charge in [0.1, 0.15) is 6.10 Å². The number of ether oxygens (including phenoxy) is 1. The summed E-state index contributed by atoms with van der Waals surface area (Å²) in [4.78, 5) is 14.2. The van der Waals surface area contributed by atoms with Crippen LogP contribution < -0.4 is 10.1 Å². The highest BCUT2D eigenvalue weighted by Crippen LogP contribution is 2.17. The van der Waals surface area contributed by atoms with Crippen molar-refractivity contribution in [2.75, 3.05) is 18.4 Å². The molecule has 6 heteroatoms. The first-order chi connectivity index (χ1) is 11.2. The van der Waals surface area contributed by atoms with Crippen molar-refractivity contribution in [1.82, 2.24) is 15.1 Å². The van der Waals surface area contributed by atoms with E-state index in [2.05, 4.69) is 15.5 Å². The van der Waals surface area contributed by atoms with E-state index in [9.17, 15) is 4.79 Å². The zero-order valence-electron chi connectivity index (χ0n) is 13.1. The number of hydrogen-bond acceptors (Lipinski definition) is 4. The van der Waals surface area contributed by atoms with Crippen LogP contribution in [0.2, 0.25) is 0 Å². The SMILES string of the molecule is Cc1cccc(NC(=O)N2CCCC(Oc3cccnn3)C2)c1. The van der Waals surface area contributed by atoms with Crippen molar-refractivity contribution in [2.24, 2.45) is 0 Å². The Balaban J connectivity index is 1.58. The van der Waals surface area contributed by atoms with E-state index in [0.29, 0.717) is 12.4 Å². The number of urea groups is 1. The molecule has 0 bridgehead atoms. The molecule has 2 amide bonds. The molecule has 2 heterocycles. The van der Waals surface area contributed by atoms with E-state index in [1.165, 1.54) is 0 Å². The second kappa shape index (κ2) is 7.09. The van der Waals surface area contributed by atoms with Crippen LogP contribution in [0.5, 0.6) is 5.88 Å². The summed E-state index contributed by atoms with van der Waals surface area (Å²) < 4.78 is 5.81. The molecule has 23 heavy (non-hydrogen) atoms. The summed E-state index contributed by atoms with van der Waals surface area (Å²) >= 11 is 0. The van der Waals surface area contributed by atoms with Crippen molar-refractivity contribution in [3.8, 4) is 5.88 Å². The van der Waals surface area contributed by atoms with Crippen molar-refractivity contribution >= 4 is 11.7 Å². The molecule has 6 nitrogen and oxygen atoms in total. The number of nitrogens with zero attached hydrogens (tertiary/aromatic N) is 3. The largest absolute Gasteiger partial charge is 0.471 e. The third kappa shape index (κ3) is 4.18. The average Bonchev–Trinajstić information content (AvgIpc) is 2.56. The number of hydrogen-bond donors (Lipinski definition) is 1. The Morgan fingerprint density at radius 2 is 2.26 bits per heavy atom. The number of aromatic nitrogens is 2. The number of carbonyl (C=O) groups excluding carboxylic acids is 1. The van der Waals surface area contributed by atoms with Crippen LogP contribution in [0.25, 0.3) is 0 Å². The fourth-order valence-corrected chi connectivity index (χ4v) is 2.67. The minimum atomic E-state index is -0.0944. The molecule has 0 spiro atoms. The number of anilines is 1. The Labute approximate surface area is 135 Å². The maximum atomic E-state index is 12.4. The molecule has 1 aliphatic heterocycles. The Morgan fingerprint density at radius 3 is 3.04 bits per heavy atom. The smallest absolute Gasteiger partial charge is 0.321 e. The highest BCUT2D eigenvalue weighted by Gasteiger charge is 2.25. The van der Waals surface area contributed by atoms with Crippen molar-refractivity contribution in [1.29, 1.82) is 0 Å². The van der Waals surface area contributed by atoms with Gasteiger partial charge in [0.2, 0.25) is 5.88 Å². The quantitative estimate of drug-likeness (QED) is 0.946. The third-order valence-electron chi connectivity index (χ3n) is 3.77. The van der Waals surface area contributed by atoms with E-state index in [1.54, 1.807) is 23.2 Å². The molecule has 1 aromatic heterocycles. The molecule has 0 aliphatic carbocycles. The molecule has 3 rings (SSSR count). The number of piperidine rings is 1. The average molecular weight is 312 g/mol. The molecule has 0 radical (unpaired) electrons. The lowest BCUT2D eigenvalue weighted by Gasteiger charge is -2.32. The van der Waals surface area contributed by atoms with Gasteiger partial charge in [0.05, 0.1) is 6.54 Å². The van der Waals surface area contributed by atoms with E-state index in [1.807, 2.05) is 31.2 Å². The number of benzene rings is 1. The number of aryl methyl sites for hydroxylation is 1. The lowest BCUT2D eigenvalue weighted by Crippen LogP contribution is -2.46. The van der Waals surface area contributed by atoms with Crippen LogP contribution in [0.4, 0.5) is 10.5 Å². The van der Waals surface area contributed by atoms with Crippen LogP contribution in [0.15, 0.2) is 42.6 Å². The van der Waals surface area contributed by atoms with Crippen molar-refractivity contribution in [3.63, 3.8) is 0 Å². The molecule has 2 aromatic rings. The number of amides is 2. The first-order valence-electron chi connectivity index (χ1n) is 7.78. The monoisotopic (exact) mass is 312 g/mol. The predicted octanol–water partition coefficient (Wildman–Crippen LogP) is 2.86. The first-order valence-corrected chi connectivity index (χ1v) is 7.78. The second-order valence-corrected chi connectivity index (χ2v) is 5.69. The Kier molecular flexibility index (Phi) is 4.71. The topological polar surface area (TPSA) is 67.4 Å². The van der Waals surface area contributed by atoms with Gasteiger partial charge in [-0.1, -0.05) is 12.1 Å². The van der Waals surface area contributed by atoms with E-state index in [4.69, 9.17) is 4.74 Å². The highest BCUT2D eigenvalue weighted by atomic mass is 16.5. The van der Waals surface area contributed by atoms with Gasteiger partial charge >= 0.3 is 6.03 Å². The standard InChI is InChI=1S/C17H20N4O2/c1-13-5-2-6-14(11-13)19-17(22)21-10-4-7-15(12-21)23-16-8-3-9-18-20-16/h2-3,5-6,8-9,11,15H,4,7,10,12H2,1H3,(H,19,22). The Bertz CT molecular complexity index is 663. The molecular formula is C17H20N4O2. The van der Waals surface area contributed by atoms with Crippen LogP contribution in [-0.2, 0) is 0 Å². The van der Waals surface area contributed by atoms with Crippen molar-refractivity contribution < 1.29 is 9.53 Å². The van der Waals surface area contributed by atoms with Gasteiger partial charge < -0.3 is 15.0 Å². The first kappa shape index (κ1) is 15.3. The zero-order valence-corrected chi connectivity index (χ0v) is 13.1. The normalized spacial score (nSPS) is 17.6. The maximum absolute atomic E-state index is 12.4.